The Kier molecular flexibility index (Phi) is 7.21. The summed E-state index contributed by atoms with van der Waals surface area (Å²) in [7, 11) is -2.77. The molecular weight excluding hydrogens is 520 g/mol. The van der Waals surface area contributed by atoms with Crippen LogP contribution in [0.1, 0.15) is 21.5 Å². The molecule has 3 heterocycles. The number of rotatable bonds is 9. The number of ether oxygens (including phenoxy) is 1. The van der Waals surface area contributed by atoms with E-state index in [1.54, 1.807) is 34.7 Å². The fourth-order valence-electron chi connectivity index (χ4n) is 4.20. The van der Waals surface area contributed by atoms with Crippen molar-refractivity contribution in [1.82, 2.24) is 25.2 Å². The first-order chi connectivity index (χ1) is 18.9. The Bertz CT molecular complexity index is 1710. The smallest absolute Gasteiger partial charge is 0.278 e. The van der Waals surface area contributed by atoms with Crippen LogP contribution < -0.4 is 14.5 Å². The zero-order valence-electron chi connectivity index (χ0n) is 20.8. The first kappa shape index (κ1) is 25.8. The van der Waals surface area contributed by atoms with Crippen molar-refractivity contribution in [2.45, 2.75) is 18.0 Å². The molecule has 0 aliphatic heterocycles. The molecule has 12 heteroatoms. The van der Waals surface area contributed by atoms with Crippen molar-refractivity contribution in [1.29, 1.82) is 0 Å². The number of amides is 1. The maximum absolute atomic E-state index is 14.2. The number of carbonyl (C=O) groups is 1. The van der Waals surface area contributed by atoms with E-state index in [-0.39, 0.29) is 22.7 Å². The number of nitrogens with one attached hydrogen (secondary N) is 1. The molecule has 11 nitrogen and oxygen atoms in total. The van der Waals surface area contributed by atoms with E-state index in [1.165, 1.54) is 43.8 Å². The molecule has 0 saturated carbocycles. The number of fused-ring (bicyclic) bond motifs is 1. The monoisotopic (exact) mass is 544 g/mol. The lowest BCUT2D eigenvalue weighted by Gasteiger charge is -2.27. The van der Waals surface area contributed by atoms with Crippen LogP contribution in [0.3, 0.4) is 0 Å². The Morgan fingerprint density at radius 1 is 1.00 bits per heavy atom. The Morgan fingerprint density at radius 2 is 1.74 bits per heavy atom. The number of pyridine rings is 2. The minimum Gasteiger partial charge on any atom is -0.497 e. The molecule has 2 N–H and O–H groups in total. The van der Waals surface area contributed by atoms with Crippen molar-refractivity contribution in [2.75, 3.05) is 11.4 Å². The highest BCUT2D eigenvalue weighted by Crippen LogP contribution is 2.35. The number of methoxy groups -OCH3 is 1. The summed E-state index contributed by atoms with van der Waals surface area (Å²) in [6, 6.07) is 18.9. The van der Waals surface area contributed by atoms with Crippen molar-refractivity contribution in [3.8, 4) is 5.75 Å². The Labute approximate surface area is 224 Å². The number of sulfonamides is 1. The molecule has 0 fully saturated rings. The number of benzene rings is 2. The summed E-state index contributed by atoms with van der Waals surface area (Å²) >= 11 is 0. The van der Waals surface area contributed by atoms with Gasteiger partial charge in [0.25, 0.3) is 15.9 Å². The predicted molar refractivity (Wildman–Crippen MR) is 143 cm³/mol. The van der Waals surface area contributed by atoms with Crippen LogP contribution >= 0.6 is 0 Å². The molecule has 39 heavy (non-hydrogen) atoms. The number of aromatic nitrogens is 4. The van der Waals surface area contributed by atoms with Crippen LogP contribution in [0, 0.1) is 0 Å². The molecule has 3 aromatic heterocycles. The lowest BCUT2D eigenvalue weighted by atomic mass is 10.1. The number of anilines is 1. The van der Waals surface area contributed by atoms with E-state index in [4.69, 9.17) is 4.74 Å². The van der Waals surface area contributed by atoms with Crippen molar-refractivity contribution < 1.29 is 23.2 Å². The molecule has 0 bridgehead atoms. The van der Waals surface area contributed by atoms with E-state index in [0.717, 1.165) is 9.87 Å². The summed E-state index contributed by atoms with van der Waals surface area (Å²) in [4.78, 5) is 21.3. The normalized spacial score (nSPS) is 11.3. The van der Waals surface area contributed by atoms with Gasteiger partial charge in [0, 0.05) is 18.6 Å². The zero-order valence-corrected chi connectivity index (χ0v) is 21.6. The second kappa shape index (κ2) is 10.9. The van der Waals surface area contributed by atoms with Crippen LogP contribution in [0.4, 0.5) is 5.69 Å². The zero-order chi connectivity index (χ0) is 27.4. The van der Waals surface area contributed by atoms with E-state index in [0.29, 0.717) is 28.9 Å². The van der Waals surface area contributed by atoms with Crippen LogP contribution in [-0.4, -0.2) is 46.4 Å². The predicted octanol–water partition coefficient (Wildman–Crippen LogP) is 3.40. The average molecular weight is 545 g/mol. The summed E-state index contributed by atoms with van der Waals surface area (Å²) < 4.78 is 36.2. The average Bonchev–Trinajstić information content (AvgIpc) is 3.38. The fraction of sp³-hybridized carbons (Fsp3) is 0.111. The minimum atomic E-state index is -4.26. The maximum Gasteiger partial charge on any atom is 0.278 e. The first-order valence-electron chi connectivity index (χ1n) is 11.8. The SMILES string of the molecule is COc1ccc(S(=O)(=O)N(Cc2cccnc2)c2c(C(=O)NO)cnc3c2cnn3Cc2ccccc2)cc1. The lowest BCUT2D eigenvalue weighted by molar-refractivity contribution is 0.0707. The van der Waals surface area contributed by atoms with Gasteiger partial charge in [-0.3, -0.25) is 19.3 Å². The quantitative estimate of drug-likeness (QED) is 0.213. The van der Waals surface area contributed by atoms with Crippen LogP contribution in [0.25, 0.3) is 11.0 Å². The van der Waals surface area contributed by atoms with Gasteiger partial charge in [0.2, 0.25) is 0 Å². The maximum atomic E-state index is 14.2. The molecule has 5 rings (SSSR count). The Balaban J connectivity index is 1.73. The summed E-state index contributed by atoms with van der Waals surface area (Å²) in [6.45, 7) is 0.215. The van der Waals surface area contributed by atoms with Gasteiger partial charge in [0.15, 0.2) is 5.65 Å². The number of hydrogen-bond donors (Lipinski definition) is 2. The molecule has 0 saturated heterocycles. The van der Waals surface area contributed by atoms with Crippen molar-refractivity contribution in [3.63, 3.8) is 0 Å². The van der Waals surface area contributed by atoms with E-state index in [9.17, 15) is 18.4 Å². The van der Waals surface area contributed by atoms with Crippen LogP contribution in [0.5, 0.6) is 5.75 Å². The highest BCUT2D eigenvalue weighted by Gasteiger charge is 2.32. The third-order valence-electron chi connectivity index (χ3n) is 6.10. The van der Waals surface area contributed by atoms with Crippen molar-refractivity contribution in [3.05, 3.63) is 108 Å². The first-order valence-corrected chi connectivity index (χ1v) is 13.2. The third kappa shape index (κ3) is 5.15. The van der Waals surface area contributed by atoms with Gasteiger partial charge in [-0.25, -0.2) is 23.6 Å². The second-order valence-electron chi connectivity index (χ2n) is 8.53. The van der Waals surface area contributed by atoms with Crippen LogP contribution in [0.15, 0.2) is 96.4 Å². The fourth-order valence-corrected chi connectivity index (χ4v) is 5.69. The molecule has 2 aromatic carbocycles. The molecular formula is C27H24N6O5S. The number of carbonyl (C=O) groups excluding carboxylic acids is 1. The molecule has 198 valence electrons. The van der Waals surface area contributed by atoms with E-state index >= 15 is 0 Å². The molecule has 1 amide bonds. The molecule has 5 aromatic rings. The highest BCUT2D eigenvalue weighted by atomic mass is 32.2. The van der Waals surface area contributed by atoms with Crippen LogP contribution in [0.2, 0.25) is 0 Å². The van der Waals surface area contributed by atoms with Gasteiger partial charge in [0.1, 0.15) is 5.75 Å². The Morgan fingerprint density at radius 3 is 2.41 bits per heavy atom. The van der Waals surface area contributed by atoms with Crippen LogP contribution in [-0.2, 0) is 23.1 Å². The standard InChI is InChI=1S/C27H24N6O5S/c1-38-21-9-11-22(12-10-21)39(36,37)33(18-20-8-5-13-28-14-20)25-23-16-30-32(17-19-6-3-2-4-7-19)26(23)29-15-24(25)27(34)31-35/h2-16,35H,17-18H2,1H3,(H,31,34). The van der Waals surface area contributed by atoms with Gasteiger partial charge in [-0.2, -0.15) is 5.10 Å². The lowest BCUT2D eigenvalue weighted by Crippen LogP contribution is -2.33. The summed E-state index contributed by atoms with van der Waals surface area (Å²) in [5.74, 6) is -0.432. The molecule has 0 unspecified atom stereocenters. The van der Waals surface area contributed by atoms with Gasteiger partial charge < -0.3 is 4.74 Å². The Hall–Kier alpha value is -4.81. The largest absolute Gasteiger partial charge is 0.497 e. The number of nitrogens with zero attached hydrogens (tertiary/aromatic N) is 5. The number of hydroxylamine groups is 1. The second-order valence-corrected chi connectivity index (χ2v) is 10.4. The van der Waals surface area contributed by atoms with Gasteiger partial charge in [-0.15, -0.1) is 0 Å². The molecule has 0 aliphatic rings. The van der Waals surface area contributed by atoms with E-state index in [2.05, 4.69) is 15.1 Å². The van der Waals surface area contributed by atoms with Gasteiger partial charge in [-0.1, -0.05) is 36.4 Å². The third-order valence-corrected chi connectivity index (χ3v) is 7.86. The molecule has 0 atom stereocenters. The van der Waals surface area contributed by atoms with Crippen molar-refractivity contribution in [2.24, 2.45) is 0 Å². The summed E-state index contributed by atoms with van der Waals surface area (Å²) in [5, 5.41) is 14.3. The van der Waals surface area contributed by atoms with Crippen molar-refractivity contribution >= 4 is 32.7 Å². The van der Waals surface area contributed by atoms with Gasteiger partial charge in [0.05, 0.1) is 47.9 Å². The number of hydrogen-bond acceptors (Lipinski definition) is 8. The van der Waals surface area contributed by atoms with E-state index < -0.39 is 15.9 Å². The molecule has 0 radical (unpaired) electrons. The summed E-state index contributed by atoms with van der Waals surface area (Å²) in [5.41, 5.74) is 3.37. The summed E-state index contributed by atoms with van der Waals surface area (Å²) in [6.07, 6.45) is 5.81. The molecule has 0 aliphatic carbocycles. The van der Waals surface area contributed by atoms with Gasteiger partial charge in [-0.05, 0) is 41.5 Å². The van der Waals surface area contributed by atoms with Gasteiger partial charge >= 0.3 is 0 Å². The topological polar surface area (TPSA) is 140 Å². The van der Waals surface area contributed by atoms with E-state index in [1.807, 2.05) is 30.3 Å². The molecule has 0 spiro atoms. The highest BCUT2D eigenvalue weighted by molar-refractivity contribution is 7.92. The minimum absolute atomic E-state index is 0.0190.